The molecule has 0 bridgehead atoms. The summed E-state index contributed by atoms with van der Waals surface area (Å²) in [7, 11) is 0. The molecule has 2 amide bonds. The van der Waals surface area contributed by atoms with Gasteiger partial charge in [-0.25, -0.2) is 4.79 Å². The van der Waals surface area contributed by atoms with E-state index in [9.17, 15) is 4.79 Å². The molecule has 2 aliphatic rings. The lowest BCUT2D eigenvalue weighted by atomic mass is 9.99. The molecule has 2 aliphatic heterocycles. The van der Waals surface area contributed by atoms with Crippen molar-refractivity contribution in [3.8, 4) is 11.5 Å². The van der Waals surface area contributed by atoms with E-state index in [2.05, 4.69) is 5.32 Å². The van der Waals surface area contributed by atoms with Crippen molar-refractivity contribution in [2.45, 2.75) is 13.0 Å². The van der Waals surface area contributed by atoms with Gasteiger partial charge >= 0.3 is 6.03 Å². The van der Waals surface area contributed by atoms with E-state index in [0.29, 0.717) is 23.8 Å². The maximum Gasteiger partial charge on any atom is 0.322 e. The van der Waals surface area contributed by atoms with Gasteiger partial charge < -0.3 is 19.7 Å². The van der Waals surface area contributed by atoms with Crippen LogP contribution in [0.2, 0.25) is 5.02 Å². The lowest BCUT2D eigenvalue weighted by Gasteiger charge is -2.29. The molecular weight excluding hydrogens is 316 g/mol. The Morgan fingerprint density at radius 1 is 1.13 bits per heavy atom. The highest BCUT2D eigenvalue weighted by molar-refractivity contribution is 6.30. The number of carbonyl (C=O) groups is 1. The minimum atomic E-state index is -0.129. The number of rotatable bonds is 1. The van der Waals surface area contributed by atoms with Crippen LogP contribution in [0, 0.1) is 0 Å². The Morgan fingerprint density at radius 2 is 1.91 bits per heavy atom. The molecule has 0 radical (unpaired) electrons. The number of halogens is 1. The molecule has 2 aromatic carbocycles. The number of ether oxygens (including phenoxy) is 2. The zero-order valence-electron chi connectivity index (χ0n) is 12.3. The smallest absolute Gasteiger partial charge is 0.322 e. The molecule has 2 heterocycles. The van der Waals surface area contributed by atoms with Crippen molar-refractivity contribution in [3.05, 3.63) is 52.5 Å². The minimum Gasteiger partial charge on any atom is -0.454 e. The molecule has 1 N–H and O–H groups in total. The van der Waals surface area contributed by atoms with Gasteiger partial charge in [0.15, 0.2) is 11.5 Å². The van der Waals surface area contributed by atoms with Crippen LogP contribution in [-0.2, 0) is 13.0 Å². The van der Waals surface area contributed by atoms with Crippen molar-refractivity contribution >= 4 is 23.3 Å². The Bertz CT molecular complexity index is 778. The second kappa shape index (κ2) is 5.66. The first kappa shape index (κ1) is 14.2. The number of carbonyl (C=O) groups excluding carboxylic acids is 1. The molecule has 4 rings (SSSR count). The van der Waals surface area contributed by atoms with Crippen LogP contribution in [0.1, 0.15) is 11.1 Å². The number of amides is 2. The number of anilines is 1. The molecule has 0 aliphatic carbocycles. The van der Waals surface area contributed by atoms with Crippen LogP contribution in [0.4, 0.5) is 10.5 Å². The van der Waals surface area contributed by atoms with Gasteiger partial charge in [0.2, 0.25) is 6.79 Å². The molecule has 118 valence electrons. The van der Waals surface area contributed by atoms with Crippen LogP contribution in [0.5, 0.6) is 11.5 Å². The summed E-state index contributed by atoms with van der Waals surface area (Å²) in [6.07, 6.45) is 0.801. The van der Waals surface area contributed by atoms with E-state index in [1.807, 2.05) is 24.3 Å². The number of urea groups is 1. The number of benzene rings is 2. The maximum atomic E-state index is 12.4. The second-order valence-electron chi connectivity index (χ2n) is 5.59. The van der Waals surface area contributed by atoms with Gasteiger partial charge in [0.25, 0.3) is 0 Å². The summed E-state index contributed by atoms with van der Waals surface area (Å²) in [6.45, 7) is 1.48. The van der Waals surface area contributed by atoms with Crippen molar-refractivity contribution < 1.29 is 14.3 Å². The van der Waals surface area contributed by atoms with E-state index >= 15 is 0 Å². The summed E-state index contributed by atoms with van der Waals surface area (Å²) >= 11 is 5.94. The topological polar surface area (TPSA) is 50.8 Å². The molecule has 0 spiro atoms. The average molecular weight is 331 g/mol. The highest BCUT2D eigenvalue weighted by Crippen LogP contribution is 2.36. The molecule has 6 heteroatoms. The number of hydrogen-bond donors (Lipinski definition) is 1. The quantitative estimate of drug-likeness (QED) is 0.868. The summed E-state index contributed by atoms with van der Waals surface area (Å²) in [4.78, 5) is 14.2. The highest BCUT2D eigenvalue weighted by atomic mass is 35.5. The fourth-order valence-corrected chi connectivity index (χ4v) is 3.08. The number of nitrogens with one attached hydrogen (secondary N) is 1. The van der Waals surface area contributed by atoms with E-state index in [1.165, 1.54) is 5.56 Å². The molecule has 2 aromatic rings. The zero-order chi connectivity index (χ0) is 15.8. The monoisotopic (exact) mass is 330 g/mol. The third-order valence-electron chi connectivity index (χ3n) is 4.07. The molecule has 0 saturated heterocycles. The third kappa shape index (κ3) is 2.80. The van der Waals surface area contributed by atoms with E-state index in [4.69, 9.17) is 21.1 Å². The molecule has 0 saturated carbocycles. The molecular formula is C17H15ClN2O3. The van der Waals surface area contributed by atoms with Crippen molar-refractivity contribution in [2.24, 2.45) is 0 Å². The highest BCUT2D eigenvalue weighted by Gasteiger charge is 2.24. The SMILES string of the molecule is O=C(Nc1cccc(Cl)c1)N1CCc2cc3c(cc2C1)OCO3. The Labute approximate surface area is 138 Å². The summed E-state index contributed by atoms with van der Waals surface area (Å²) in [6, 6.07) is 11.0. The second-order valence-corrected chi connectivity index (χ2v) is 6.02. The summed E-state index contributed by atoms with van der Waals surface area (Å²) in [5, 5.41) is 3.48. The number of fused-ring (bicyclic) bond motifs is 2. The van der Waals surface area contributed by atoms with Crippen molar-refractivity contribution in [1.82, 2.24) is 4.90 Å². The summed E-state index contributed by atoms with van der Waals surface area (Å²) in [5.41, 5.74) is 3.00. The Kier molecular flexibility index (Phi) is 3.50. The van der Waals surface area contributed by atoms with Crippen LogP contribution in [0.3, 0.4) is 0 Å². The van der Waals surface area contributed by atoms with Crippen molar-refractivity contribution in [1.29, 1.82) is 0 Å². The molecule has 0 atom stereocenters. The zero-order valence-corrected chi connectivity index (χ0v) is 13.1. The minimum absolute atomic E-state index is 0.129. The third-order valence-corrected chi connectivity index (χ3v) is 4.31. The Balaban J connectivity index is 1.50. The fraction of sp³-hybridized carbons (Fsp3) is 0.235. The first-order chi connectivity index (χ1) is 11.2. The lowest BCUT2D eigenvalue weighted by Crippen LogP contribution is -2.38. The maximum absolute atomic E-state index is 12.4. The van der Waals surface area contributed by atoms with Crippen LogP contribution in [-0.4, -0.2) is 24.3 Å². The summed E-state index contributed by atoms with van der Waals surface area (Å²) < 4.78 is 10.8. The van der Waals surface area contributed by atoms with Gasteiger partial charge in [0.05, 0.1) is 0 Å². The lowest BCUT2D eigenvalue weighted by molar-refractivity contribution is 0.174. The van der Waals surface area contributed by atoms with Gasteiger partial charge in [-0.05, 0) is 47.9 Å². The van der Waals surface area contributed by atoms with Crippen molar-refractivity contribution in [2.75, 3.05) is 18.7 Å². The first-order valence-electron chi connectivity index (χ1n) is 7.42. The van der Waals surface area contributed by atoms with E-state index in [0.717, 1.165) is 23.5 Å². The van der Waals surface area contributed by atoms with Gasteiger partial charge in [-0.1, -0.05) is 17.7 Å². The number of hydrogen-bond acceptors (Lipinski definition) is 3. The van der Waals surface area contributed by atoms with Crippen LogP contribution in [0.15, 0.2) is 36.4 Å². The molecule has 0 aromatic heterocycles. The van der Waals surface area contributed by atoms with E-state index < -0.39 is 0 Å². The van der Waals surface area contributed by atoms with Gasteiger partial charge in [-0.2, -0.15) is 0 Å². The van der Waals surface area contributed by atoms with Gasteiger partial charge in [-0.3, -0.25) is 0 Å². The largest absolute Gasteiger partial charge is 0.454 e. The van der Waals surface area contributed by atoms with Crippen LogP contribution < -0.4 is 14.8 Å². The Morgan fingerprint density at radius 3 is 2.70 bits per heavy atom. The summed E-state index contributed by atoms with van der Waals surface area (Å²) in [5.74, 6) is 1.54. The standard InChI is InChI=1S/C17H15ClN2O3/c18-13-2-1-3-14(8-13)19-17(21)20-5-4-11-6-15-16(23-10-22-15)7-12(11)9-20/h1-3,6-8H,4-5,9-10H2,(H,19,21). The van der Waals surface area contributed by atoms with Gasteiger partial charge in [0, 0.05) is 23.8 Å². The van der Waals surface area contributed by atoms with Crippen LogP contribution in [0.25, 0.3) is 0 Å². The van der Waals surface area contributed by atoms with Crippen LogP contribution >= 0.6 is 11.6 Å². The molecule has 23 heavy (non-hydrogen) atoms. The van der Waals surface area contributed by atoms with E-state index in [-0.39, 0.29) is 12.8 Å². The van der Waals surface area contributed by atoms with E-state index in [1.54, 1.807) is 17.0 Å². The molecule has 0 fully saturated rings. The Hall–Kier alpha value is -2.40. The fourth-order valence-electron chi connectivity index (χ4n) is 2.89. The first-order valence-corrected chi connectivity index (χ1v) is 7.80. The molecule has 5 nitrogen and oxygen atoms in total. The van der Waals surface area contributed by atoms with Gasteiger partial charge in [0.1, 0.15) is 0 Å². The predicted molar refractivity (Wildman–Crippen MR) is 87.1 cm³/mol. The van der Waals surface area contributed by atoms with Gasteiger partial charge in [-0.15, -0.1) is 0 Å². The normalized spacial score (nSPS) is 15.3. The van der Waals surface area contributed by atoms with Crippen molar-refractivity contribution in [3.63, 3.8) is 0 Å². The molecule has 0 unspecified atom stereocenters. The number of nitrogens with zero attached hydrogens (tertiary/aromatic N) is 1. The predicted octanol–water partition coefficient (Wildman–Crippen LogP) is 3.66. The average Bonchev–Trinajstić information content (AvgIpc) is 2.99.